The highest BCUT2D eigenvalue weighted by Crippen LogP contribution is 2.35. The fraction of sp³-hybridized carbons (Fsp3) is 0.500. The molecular weight excluding hydrogens is 446 g/mol. The van der Waals surface area contributed by atoms with Gasteiger partial charge in [0.2, 0.25) is 11.6 Å². The van der Waals surface area contributed by atoms with Gasteiger partial charge in [-0.05, 0) is 43.5 Å². The van der Waals surface area contributed by atoms with Crippen LogP contribution in [0.3, 0.4) is 0 Å². The number of carbonyl (C=O) groups is 1. The normalized spacial score (nSPS) is 14.8. The van der Waals surface area contributed by atoms with E-state index in [1.54, 1.807) is 0 Å². The molecule has 1 aliphatic heterocycles. The van der Waals surface area contributed by atoms with Crippen LogP contribution >= 0.6 is 0 Å². The van der Waals surface area contributed by atoms with Crippen molar-refractivity contribution in [3.05, 3.63) is 40.7 Å². The topological polar surface area (TPSA) is 135 Å². The third kappa shape index (κ3) is 6.25. The number of Topliss-reactive ketones (excluding diaryl/α,β-unsaturated/α-hetero) is 1. The fourth-order valence-corrected chi connectivity index (χ4v) is 4.58. The first-order valence-corrected chi connectivity index (χ1v) is 12.9. The Morgan fingerprint density at radius 2 is 1.85 bits per heavy atom. The molecule has 0 bridgehead atoms. The van der Waals surface area contributed by atoms with Crippen molar-refractivity contribution in [1.29, 1.82) is 0 Å². The highest BCUT2D eigenvalue weighted by Gasteiger charge is 2.31. The molecule has 10 nitrogen and oxygen atoms in total. The Bertz CT molecular complexity index is 1100. The molecule has 178 valence electrons. The second-order valence-corrected chi connectivity index (χ2v) is 10.3. The molecule has 2 heterocycles. The molecule has 33 heavy (non-hydrogen) atoms. The van der Waals surface area contributed by atoms with Gasteiger partial charge in [-0.1, -0.05) is 19.8 Å². The summed E-state index contributed by atoms with van der Waals surface area (Å²) in [6, 6.07) is 5.90. The first-order valence-electron chi connectivity index (χ1n) is 11.0. The Labute approximate surface area is 193 Å². The summed E-state index contributed by atoms with van der Waals surface area (Å²) in [4.78, 5) is 34.0. The Kier molecular flexibility index (Phi) is 7.96. The van der Waals surface area contributed by atoms with Crippen molar-refractivity contribution in [2.24, 2.45) is 5.92 Å². The highest BCUT2D eigenvalue weighted by atomic mass is 32.2. The van der Waals surface area contributed by atoms with E-state index in [1.807, 2.05) is 4.90 Å². The smallest absolute Gasteiger partial charge is 0.351 e. The Hall–Kier alpha value is -3.08. The SMILES string of the molecule is CCCCCC(=O)C1CCN(c2ncnc(Nc3ccc(S(C)(=O)=O)cc3)c2[N+](=O)[O-])CC1. The van der Waals surface area contributed by atoms with Gasteiger partial charge in [-0.25, -0.2) is 18.4 Å². The number of ketones is 1. The van der Waals surface area contributed by atoms with E-state index < -0.39 is 14.8 Å². The van der Waals surface area contributed by atoms with E-state index in [2.05, 4.69) is 22.2 Å². The van der Waals surface area contributed by atoms with Gasteiger partial charge < -0.3 is 10.2 Å². The molecule has 3 rings (SSSR count). The van der Waals surface area contributed by atoms with Gasteiger partial charge in [-0.2, -0.15) is 0 Å². The maximum atomic E-state index is 12.4. The number of hydrogen-bond donors (Lipinski definition) is 1. The lowest BCUT2D eigenvalue weighted by atomic mass is 9.90. The molecule has 0 radical (unpaired) electrons. The number of rotatable bonds is 10. The van der Waals surface area contributed by atoms with Crippen LogP contribution in [0.5, 0.6) is 0 Å². The lowest BCUT2D eigenvalue weighted by molar-refractivity contribution is -0.383. The molecule has 1 N–H and O–H groups in total. The highest BCUT2D eigenvalue weighted by molar-refractivity contribution is 7.90. The lowest BCUT2D eigenvalue weighted by Gasteiger charge is -2.31. The second-order valence-electron chi connectivity index (χ2n) is 8.26. The monoisotopic (exact) mass is 475 g/mol. The molecule has 0 amide bonds. The molecule has 2 aromatic rings. The number of unbranched alkanes of at least 4 members (excludes halogenated alkanes) is 2. The number of sulfone groups is 1. The molecule has 1 fully saturated rings. The standard InChI is InChI=1S/C22H29N5O5S/c1-3-4-5-6-19(28)16-11-13-26(14-12-16)22-20(27(29)30)21(23-15-24-22)25-17-7-9-18(10-8-17)33(2,31)32/h7-10,15-16H,3-6,11-14H2,1-2H3,(H,23,24,25). The molecule has 0 aliphatic carbocycles. The molecule has 1 saturated heterocycles. The molecule has 0 spiro atoms. The zero-order valence-electron chi connectivity index (χ0n) is 18.9. The third-order valence-corrected chi connectivity index (χ3v) is 6.94. The molecule has 1 aromatic carbocycles. The average Bonchev–Trinajstić information content (AvgIpc) is 2.79. The molecule has 0 atom stereocenters. The summed E-state index contributed by atoms with van der Waals surface area (Å²) in [5.74, 6) is 0.502. The van der Waals surface area contributed by atoms with Crippen LogP contribution in [0.2, 0.25) is 0 Å². The van der Waals surface area contributed by atoms with E-state index in [-0.39, 0.29) is 33.9 Å². The number of piperidine rings is 1. The van der Waals surface area contributed by atoms with E-state index >= 15 is 0 Å². The predicted molar refractivity (Wildman–Crippen MR) is 126 cm³/mol. The lowest BCUT2D eigenvalue weighted by Crippen LogP contribution is -2.37. The van der Waals surface area contributed by atoms with Crippen molar-refractivity contribution in [2.75, 3.05) is 29.6 Å². The zero-order valence-corrected chi connectivity index (χ0v) is 19.7. The predicted octanol–water partition coefficient (Wildman–Crippen LogP) is 3.90. The quantitative estimate of drug-likeness (QED) is 0.308. The number of anilines is 3. The molecular formula is C22H29N5O5S. The van der Waals surface area contributed by atoms with E-state index in [9.17, 15) is 23.3 Å². The molecule has 0 saturated carbocycles. The van der Waals surface area contributed by atoms with Gasteiger partial charge in [0.15, 0.2) is 9.84 Å². The summed E-state index contributed by atoms with van der Waals surface area (Å²) < 4.78 is 23.3. The Morgan fingerprint density at radius 3 is 2.42 bits per heavy atom. The number of benzene rings is 1. The van der Waals surface area contributed by atoms with E-state index in [1.165, 1.54) is 30.6 Å². The van der Waals surface area contributed by atoms with Crippen LogP contribution < -0.4 is 10.2 Å². The van der Waals surface area contributed by atoms with E-state index in [0.29, 0.717) is 38.0 Å². The van der Waals surface area contributed by atoms with Gasteiger partial charge in [-0.15, -0.1) is 0 Å². The number of hydrogen-bond acceptors (Lipinski definition) is 9. The van der Waals surface area contributed by atoms with Gasteiger partial charge >= 0.3 is 5.69 Å². The average molecular weight is 476 g/mol. The van der Waals surface area contributed by atoms with Gasteiger partial charge in [-0.3, -0.25) is 14.9 Å². The minimum absolute atomic E-state index is 0.00930. The van der Waals surface area contributed by atoms with Crippen LogP contribution in [0.25, 0.3) is 0 Å². The van der Waals surface area contributed by atoms with Crippen LogP contribution in [0.4, 0.5) is 23.0 Å². The number of nitro groups is 1. The van der Waals surface area contributed by atoms with Crippen molar-refractivity contribution >= 4 is 38.6 Å². The summed E-state index contributed by atoms with van der Waals surface area (Å²) in [5, 5.41) is 14.8. The number of carbonyl (C=O) groups excluding carboxylic acids is 1. The Balaban J connectivity index is 1.75. The molecule has 0 unspecified atom stereocenters. The first-order chi connectivity index (χ1) is 15.7. The molecule has 11 heteroatoms. The fourth-order valence-electron chi connectivity index (χ4n) is 3.95. The first kappa shape index (κ1) is 24.6. The summed E-state index contributed by atoms with van der Waals surface area (Å²) in [6.07, 6.45) is 7.28. The van der Waals surface area contributed by atoms with Crippen molar-refractivity contribution in [3.8, 4) is 0 Å². The summed E-state index contributed by atoms with van der Waals surface area (Å²) in [6.45, 7) is 3.11. The van der Waals surface area contributed by atoms with Gasteiger partial charge in [0, 0.05) is 37.4 Å². The minimum Gasteiger partial charge on any atom is -0.351 e. The number of aromatic nitrogens is 2. The zero-order chi connectivity index (χ0) is 24.0. The maximum absolute atomic E-state index is 12.4. The molecule has 1 aliphatic rings. The van der Waals surface area contributed by atoms with Crippen LogP contribution in [-0.4, -0.2) is 48.4 Å². The molecule has 1 aromatic heterocycles. The maximum Gasteiger partial charge on any atom is 0.353 e. The largest absolute Gasteiger partial charge is 0.353 e. The van der Waals surface area contributed by atoms with Crippen LogP contribution in [-0.2, 0) is 14.6 Å². The van der Waals surface area contributed by atoms with E-state index in [0.717, 1.165) is 25.5 Å². The van der Waals surface area contributed by atoms with Crippen LogP contribution in [0, 0.1) is 16.0 Å². The van der Waals surface area contributed by atoms with Crippen molar-refractivity contribution < 1.29 is 18.1 Å². The van der Waals surface area contributed by atoms with Crippen LogP contribution in [0.15, 0.2) is 35.5 Å². The van der Waals surface area contributed by atoms with Crippen molar-refractivity contribution in [3.63, 3.8) is 0 Å². The minimum atomic E-state index is -3.35. The van der Waals surface area contributed by atoms with E-state index in [4.69, 9.17) is 0 Å². The van der Waals surface area contributed by atoms with Gasteiger partial charge in [0.05, 0.1) is 9.82 Å². The van der Waals surface area contributed by atoms with Crippen LogP contribution in [0.1, 0.15) is 45.4 Å². The summed E-state index contributed by atoms with van der Waals surface area (Å²) >= 11 is 0. The Morgan fingerprint density at radius 1 is 1.18 bits per heavy atom. The second kappa shape index (κ2) is 10.7. The van der Waals surface area contributed by atoms with Crippen molar-refractivity contribution in [1.82, 2.24) is 9.97 Å². The number of nitrogens with one attached hydrogen (secondary N) is 1. The van der Waals surface area contributed by atoms with Crippen molar-refractivity contribution in [2.45, 2.75) is 50.3 Å². The summed E-state index contributed by atoms with van der Waals surface area (Å²) in [7, 11) is -3.35. The van der Waals surface area contributed by atoms with Gasteiger partial charge in [0.25, 0.3) is 0 Å². The summed E-state index contributed by atoms with van der Waals surface area (Å²) in [5.41, 5.74) is 0.212. The number of nitrogens with zero attached hydrogens (tertiary/aromatic N) is 4. The third-order valence-electron chi connectivity index (χ3n) is 5.81. The van der Waals surface area contributed by atoms with Gasteiger partial charge in [0.1, 0.15) is 12.1 Å².